The Morgan fingerprint density at radius 3 is 2.21 bits per heavy atom. The van der Waals surface area contributed by atoms with Crippen LogP contribution < -0.4 is 5.32 Å². The highest BCUT2D eigenvalue weighted by Gasteiger charge is 2.43. The fourth-order valence-electron chi connectivity index (χ4n) is 2.96. The molecule has 2 aliphatic heterocycles. The first-order chi connectivity index (χ1) is 6.49. The molecule has 2 fully saturated rings. The molecule has 1 N–H and O–H groups in total. The van der Waals surface area contributed by atoms with Crippen LogP contribution >= 0.6 is 0 Å². The van der Waals surface area contributed by atoms with Crippen LogP contribution in [0.5, 0.6) is 0 Å². The molecule has 2 heteroatoms. The van der Waals surface area contributed by atoms with Crippen LogP contribution in [0, 0.1) is 10.8 Å². The Balaban J connectivity index is 1.78. The topological polar surface area (TPSA) is 15.3 Å². The summed E-state index contributed by atoms with van der Waals surface area (Å²) in [6.45, 7) is 13.5. The van der Waals surface area contributed by atoms with Crippen molar-refractivity contribution in [3.8, 4) is 0 Å². The van der Waals surface area contributed by atoms with Crippen molar-refractivity contribution in [3.63, 3.8) is 0 Å². The van der Waals surface area contributed by atoms with Crippen LogP contribution in [0.4, 0.5) is 0 Å². The summed E-state index contributed by atoms with van der Waals surface area (Å²) >= 11 is 0. The van der Waals surface area contributed by atoms with Crippen LogP contribution in [-0.2, 0) is 0 Å². The Labute approximate surface area is 88.1 Å². The van der Waals surface area contributed by atoms with E-state index in [2.05, 4.69) is 31.0 Å². The lowest BCUT2D eigenvalue weighted by Crippen LogP contribution is -2.61. The fourth-order valence-corrected chi connectivity index (χ4v) is 2.96. The van der Waals surface area contributed by atoms with Gasteiger partial charge in [0.2, 0.25) is 0 Å². The largest absolute Gasteiger partial charge is 0.317 e. The van der Waals surface area contributed by atoms with E-state index in [-0.39, 0.29) is 0 Å². The van der Waals surface area contributed by atoms with Crippen LogP contribution in [-0.4, -0.2) is 37.6 Å². The van der Waals surface area contributed by atoms with Gasteiger partial charge in [0.1, 0.15) is 0 Å². The minimum atomic E-state index is 0.467. The molecule has 0 radical (unpaired) electrons. The number of hydrogen-bond donors (Lipinski definition) is 1. The van der Waals surface area contributed by atoms with Gasteiger partial charge in [0, 0.05) is 19.6 Å². The molecule has 82 valence electrons. The van der Waals surface area contributed by atoms with Gasteiger partial charge in [0.15, 0.2) is 0 Å². The average Bonchev–Trinajstić information content (AvgIpc) is 2.00. The first-order valence-corrected chi connectivity index (χ1v) is 5.92. The van der Waals surface area contributed by atoms with E-state index in [4.69, 9.17) is 0 Å². The zero-order valence-electron chi connectivity index (χ0n) is 9.90. The molecule has 0 saturated carbocycles. The van der Waals surface area contributed by atoms with E-state index in [1.807, 2.05) is 0 Å². The molecular weight excluding hydrogens is 172 g/mol. The smallest absolute Gasteiger partial charge is 0.00517 e. The predicted molar refractivity (Wildman–Crippen MR) is 60.4 cm³/mol. The SMILES string of the molecule is CC(C)(C)CN1CC2(CCNCC2)C1. The van der Waals surface area contributed by atoms with Gasteiger partial charge in [-0.25, -0.2) is 0 Å². The molecule has 2 aliphatic rings. The number of nitrogens with zero attached hydrogens (tertiary/aromatic N) is 1. The van der Waals surface area contributed by atoms with Crippen LogP contribution in [0.15, 0.2) is 0 Å². The molecule has 0 unspecified atom stereocenters. The maximum atomic E-state index is 3.45. The third-order valence-electron chi connectivity index (χ3n) is 3.48. The van der Waals surface area contributed by atoms with E-state index < -0.39 is 0 Å². The highest BCUT2D eigenvalue weighted by atomic mass is 15.2. The van der Waals surface area contributed by atoms with Crippen molar-refractivity contribution in [2.24, 2.45) is 10.8 Å². The molecule has 2 heterocycles. The molecule has 0 aliphatic carbocycles. The summed E-state index contributed by atoms with van der Waals surface area (Å²) in [6, 6.07) is 0. The normalized spacial score (nSPS) is 27.6. The molecule has 2 saturated heterocycles. The molecule has 0 atom stereocenters. The number of hydrogen-bond acceptors (Lipinski definition) is 2. The second-order valence-corrected chi connectivity index (χ2v) is 6.46. The van der Waals surface area contributed by atoms with E-state index >= 15 is 0 Å². The molecule has 1 spiro atoms. The second-order valence-electron chi connectivity index (χ2n) is 6.46. The minimum Gasteiger partial charge on any atom is -0.317 e. The Morgan fingerprint density at radius 1 is 1.14 bits per heavy atom. The van der Waals surface area contributed by atoms with Crippen molar-refractivity contribution in [3.05, 3.63) is 0 Å². The zero-order valence-corrected chi connectivity index (χ0v) is 9.90. The van der Waals surface area contributed by atoms with E-state index in [0.717, 1.165) is 0 Å². The molecule has 0 bridgehead atoms. The van der Waals surface area contributed by atoms with E-state index in [9.17, 15) is 0 Å². The van der Waals surface area contributed by atoms with Gasteiger partial charge >= 0.3 is 0 Å². The summed E-state index contributed by atoms with van der Waals surface area (Å²) < 4.78 is 0. The molecule has 14 heavy (non-hydrogen) atoms. The quantitative estimate of drug-likeness (QED) is 0.687. The van der Waals surface area contributed by atoms with Crippen LogP contribution in [0.3, 0.4) is 0 Å². The van der Waals surface area contributed by atoms with Gasteiger partial charge in [0.05, 0.1) is 0 Å². The van der Waals surface area contributed by atoms with E-state index in [1.54, 1.807) is 0 Å². The number of rotatable bonds is 1. The molecule has 0 aromatic rings. The van der Waals surface area contributed by atoms with E-state index in [1.165, 1.54) is 45.6 Å². The van der Waals surface area contributed by atoms with Gasteiger partial charge in [0.25, 0.3) is 0 Å². The summed E-state index contributed by atoms with van der Waals surface area (Å²) in [5.74, 6) is 0. The molecule has 2 nitrogen and oxygen atoms in total. The van der Waals surface area contributed by atoms with Gasteiger partial charge in [-0.3, -0.25) is 0 Å². The molecular formula is C12H24N2. The van der Waals surface area contributed by atoms with Gasteiger partial charge in [-0.05, 0) is 36.8 Å². The summed E-state index contributed by atoms with van der Waals surface area (Å²) in [6.07, 6.45) is 2.79. The maximum Gasteiger partial charge on any atom is 0.00517 e. The van der Waals surface area contributed by atoms with Crippen molar-refractivity contribution in [1.82, 2.24) is 10.2 Å². The van der Waals surface area contributed by atoms with Gasteiger partial charge in [-0.1, -0.05) is 20.8 Å². The second kappa shape index (κ2) is 3.49. The fraction of sp³-hybridized carbons (Fsp3) is 1.00. The Hall–Kier alpha value is -0.0800. The first kappa shape index (κ1) is 10.4. The third-order valence-corrected chi connectivity index (χ3v) is 3.48. The number of piperidine rings is 1. The molecule has 2 rings (SSSR count). The van der Waals surface area contributed by atoms with Crippen LogP contribution in [0.2, 0.25) is 0 Å². The Kier molecular flexibility index (Phi) is 2.61. The standard InChI is InChI=1S/C12H24N2/c1-11(2,3)8-14-9-12(10-14)4-6-13-7-5-12/h13H,4-10H2,1-3H3. The third kappa shape index (κ3) is 2.29. The van der Waals surface area contributed by atoms with Crippen molar-refractivity contribution in [2.45, 2.75) is 33.6 Å². The molecule has 0 aromatic carbocycles. The lowest BCUT2D eigenvalue weighted by Gasteiger charge is -2.54. The van der Waals surface area contributed by atoms with Crippen molar-refractivity contribution in [1.29, 1.82) is 0 Å². The lowest BCUT2D eigenvalue weighted by atomic mass is 9.71. The van der Waals surface area contributed by atoms with Gasteiger partial charge < -0.3 is 10.2 Å². The van der Waals surface area contributed by atoms with Crippen molar-refractivity contribution >= 4 is 0 Å². The Bertz CT molecular complexity index is 191. The minimum absolute atomic E-state index is 0.467. The first-order valence-electron chi connectivity index (χ1n) is 5.92. The summed E-state index contributed by atoms with van der Waals surface area (Å²) in [5, 5.41) is 3.45. The van der Waals surface area contributed by atoms with Gasteiger partial charge in [-0.2, -0.15) is 0 Å². The summed E-state index contributed by atoms with van der Waals surface area (Å²) in [4.78, 5) is 2.63. The molecule has 0 aromatic heterocycles. The highest BCUT2D eigenvalue weighted by molar-refractivity contribution is 4.98. The number of likely N-dealkylation sites (tertiary alicyclic amines) is 1. The zero-order chi connectivity index (χ0) is 10.2. The molecule has 0 amide bonds. The monoisotopic (exact) mass is 196 g/mol. The van der Waals surface area contributed by atoms with Crippen molar-refractivity contribution < 1.29 is 0 Å². The van der Waals surface area contributed by atoms with E-state index in [0.29, 0.717) is 10.8 Å². The van der Waals surface area contributed by atoms with Gasteiger partial charge in [-0.15, -0.1) is 0 Å². The van der Waals surface area contributed by atoms with Crippen LogP contribution in [0.25, 0.3) is 0 Å². The number of nitrogens with one attached hydrogen (secondary N) is 1. The Morgan fingerprint density at radius 2 is 1.71 bits per heavy atom. The summed E-state index contributed by atoms with van der Waals surface area (Å²) in [7, 11) is 0. The average molecular weight is 196 g/mol. The van der Waals surface area contributed by atoms with Crippen molar-refractivity contribution in [2.75, 3.05) is 32.7 Å². The predicted octanol–water partition coefficient (Wildman–Crippen LogP) is 1.72. The maximum absolute atomic E-state index is 3.45. The highest BCUT2D eigenvalue weighted by Crippen LogP contribution is 2.39. The summed E-state index contributed by atoms with van der Waals surface area (Å²) in [5.41, 5.74) is 1.17. The lowest BCUT2D eigenvalue weighted by molar-refractivity contribution is -0.0394. The van der Waals surface area contributed by atoms with Crippen LogP contribution in [0.1, 0.15) is 33.6 Å².